The zero-order valence-electron chi connectivity index (χ0n) is 15.2. The highest BCUT2D eigenvalue weighted by molar-refractivity contribution is 6.24. The fourth-order valence-electron chi connectivity index (χ4n) is 3.34. The lowest BCUT2D eigenvalue weighted by Crippen LogP contribution is -2.18. The molecule has 134 valence electrons. The summed E-state index contributed by atoms with van der Waals surface area (Å²) >= 11 is 0. The highest BCUT2D eigenvalue weighted by atomic mass is 16.5. The van der Waals surface area contributed by atoms with E-state index in [-0.39, 0.29) is 12.4 Å². The van der Waals surface area contributed by atoms with Crippen LogP contribution in [-0.2, 0) is 9.53 Å². The van der Waals surface area contributed by atoms with E-state index in [9.17, 15) is 10.0 Å². The number of ether oxygens (including phenoxy) is 2. The molecular formula is C21H22NO4+. The third-order valence-corrected chi connectivity index (χ3v) is 4.35. The van der Waals surface area contributed by atoms with E-state index in [2.05, 4.69) is 0 Å². The Hall–Kier alpha value is -3.08. The molecule has 3 rings (SSSR count). The number of hydrogen-bond acceptors (Lipinski definition) is 4. The maximum absolute atomic E-state index is 12.2. The van der Waals surface area contributed by atoms with Crippen LogP contribution in [0.4, 0.5) is 0 Å². The molecule has 0 heterocycles. The predicted octanol–water partition coefficient (Wildman–Crippen LogP) is 3.28. The summed E-state index contributed by atoms with van der Waals surface area (Å²) in [5, 5.41) is 10.3. The van der Waals surface area contributed by atoms with Crippen LogP contribution in [0.1, 0.15) is 30.0 Å². The first-order chi connectivity index (χ1) is 12.6. The van der Waals surface area contributed by atoms with Gasteiger partial charge in [0.2, 0.25) is 0 Å². The van der Waals surface area contributed by atoms with Crippen molar-refractivity contribution in [3.8, 4) is 5.75 Å². The summed E-state index contributed by atoms with van der Waals surface area (Å²) in [6.45, 7) is 2.10. The summed E-state index contributed by atoms with van der Waals surface area (Å²) in [6.07, 6.45) is 0.0787. The number of methoxy groups -OCH3 is 1. The second-order valence-electron chi connectivity index (χ2n) is 5.99. The molecule has 1 aliphatic rings. The normalized spacial score (nSPS) is 14.9. The van der Waals surface area contributed by atoms with Gasteiger partial charge in [0.15, 0.2) is 7.05 Å². The van der Waals surface area contributed by atoms with Crippen LogP contribution in [0.5, 0.6) is 5.75 Å². The lowest BCUT2D eigenvalue weighted by molar-refractivity contribution is -0.753. The molecule has 2 aromatic carbocycles. The summed E-state index contributed by atoms with van der Waals surface area (Å²) < 4.78 is 11.5. The third-order valence-electron chi connectivity index (χ3n) is 4.35. The van der Waals surface area contributed by atoms with E-state index in [4.69, 9.17) is 9.47 Å². The number of hydrogen-bond donors (Lipinski definition) is 1. The summed E-state index contributed by atoms with van der Waals surface area (Å²) in [4.78, 5) is 12.2. The molecule has 1 N–H and O–H groups in total. The van der Waals surface area contributed by atoms with Crippen molar-refractivity contribution in [3.05, 3.63) is 70.8 Å². The minimum Gasteiger partial charge on any atom is -0.497 e. The second kappa shape index (κ2) is 7.44. The Morgan fingerprint density at radius 1 is 1.12 bits per heavy atom. The van der Waals surface area contributed by atoms with Gasteiger partial charge < -0.3 is 9.47 Å². The number of rotatable bonds is 5. The van der Waals surface area contributed by atoms with E-state index < -0.39 is 0 Å². The van der Waals surface area contributed by atoms with Crippen LogP contribution < -0.4 is 4.74 Å². The predicted molar refractivity (Wildman–Crippen MR) is 98.8 cm³/mol. The van der Waals surface area contributed by atoms with Gasteiger partial charge in [-0.15, -0.1) is 0 Å². The van der Waals surface area contributed by atoms with Crippen LogP contribution in [0.15, 0.2) is 54.1 Å². The molecule has 0 saturated carbocycles. The Morgan fingerprint density at radius 2 is 1.85 bits per heavy atom. The quantitative estimate of drug-likeness (QED) is 0.388. The Kier molecular flexibility index (Phi) is 5.07. The Bertz CT molecular complexity index is 893. The smallest absolute Gasteiger partial charge is 0.310 e. The molecule has 0 aliphatic heterocycles. The van der Waals surface area contributed by atoms with Crippen molar-refractivity contribution < 1.29 is 24.2 Å². The maximum atomic E-state index is 12.2. The van der Waals surface area contributed by atoms with E-state index in [1.165, 1.54) is 0 Å². The second-order valence-corrected chi connectivity index (χ2v) is 5.99. The SMILES string of the molecule is CCOC(=O)CC1=C(c2ccccc2)c2ccc(OC)cc2/C1=[N+](/C)O. The number of hydroxylamine groups is 1. The van der Waals surface area contributed by atoms with Gasteiger partial charge in [0, 0.05) is 11.1 Å². The molecular weight excluding hydrogens is 330 g/mol. The van der Waals surface area contributed by atoms with Crippen molar-refractivity contribution in [1.29, 1.82) is 0 Å². The maximum Gasteiger partial charge on any atom is 0.310 e. The van der Waals surface area contributed by atoms with Crippen LogP contribution in [0.3, 0.4) is 0 Å². The van der Waals surface area contributed by atoms with E-state index >= 15 is 0 Å². The molecule has 0 unspecified atom stereocenters. The molecule has 0 radical (unpaired) electrons. The van der Waals surface area contributed by atoms with Crippen LogP contribution in [0.2, 0.25) is 0 Å². The van der Waals surface area contributed by atoms with Gasteiger partial charge in [-0.2, -0.15) is 0 Å². The van der Waals surface area contributed by atoms with E-state index in [1.54, 1.807) is 21.1 Å². The number of nitrogens with zero attached hydrogens (tertiary/aromatic N) is 1. The summed E-state index contributed by atoms with van der Waals surface area (Å²) in [6, 6.07) is 15.6. The van der Waals surface area contributed by atoms with Gasteiger partial charge in [-0.3, -0.25) is 10.0 Å². The van der Waals surface area contributed by atoms with Crippen LogP contribution in [0.25, 0.3) is 5.57 Å². The first-order valence-corrected chi connectivity index (χ1v) is 8.49. The lowest BCUT2D eigenvalue weighted by Gasteiger charge is -2.08. The molecule has 2 aromatic rings. The van der Waals surface area contributed by atoms with Gasteiger partial charge in [-0.25, -0.2) is 0 Å². The lowest BCUT2D eigenvalue weighted by atomic mass is 9.96. The molecule has 0 bridgehead atoms. The van der Waals surface area contributed by atoms with E-state index in [1.807, 2.05) is 48.5 Å². The minimum absolute atomic E-state index is 0.0787. The minimum atomic E-state index is -0.324. The van der Waals surface area contributed by atoms with Crippen LogP contribution >= 0.6 is 0 Å². The average molecular weight is 352 g/mol. The van der Waals surface area contributed by atoms with Crippen molar-refractivity contribution in [3.63, 3.8) is 0 Å². The van der Waals surface area contributed by atoms with Gasteiger partial charge >= 0.3 is 5.97 Å². The molecule has 0 atom stereocenters. The average Bonchev–Trinajstić information content (AvgIpc) is 2.95. The third kappa shape index (κ3) is 3.20. The fourth-order valence-corrected chi connectivity index (χ4v) is 3.34. The summed E-state index contributed by atoms with van der Waals surface area (Å²) in [5.74, 6) is 0.364. The van der Waals surface area contributed by atoms with Crippen molar-refractivity contribution in [2.75, 3.05) is 20.8 Å². The van der Waals surface area contributed by atoms with Crippen molar-refractivity contribution in [2.24, 2.45) is 0 Å². The van der Waals surface area contributed by atoms with E-state index in [0.717, 1.165) is 32.6 Å². The summed E-state index contributed by atoms with van der Waals surface area (Å²) in [5.41, 5.74) is 5.01. The first-order valence-electron chi connectivity index (χ1n) is 8.49. The molecule has 5 heteroatoms. The van der Waals surface area contributed by atoms with Gasteiger partial charge in [0.25, 0.3) is 5.71 Å². The topological polar surface area (TPSA) is 58.8 Å². The van der Waals surface area contributed by atoms with Gasteiger partial charge in [0.1, 0.15) is 5.75 Å². The molecule has 1 aliphatic carbocycles. The van der Waals surface area contributed by atoms with Gasteiger partial charge in [0.05, 0.1) is 25.7 Å². The Balaban J connectivity index is 2.25. The number of esters is 1. The molecule has 5 nitrogen and oxygen atoms in total. The van der Waals surface area contributed by atoms with Crippen molar-refractivity contribution in [1.82, 2.24) is 0 Å². The largest absolute Gasteiger partial charge is 0.497 e. The molecule has 0 aromatic heterocycles. The van der Waals surface area contributed by atoms with Crippen molar-refractivity contribution >= 4 is 17.3 Å². The Morgan fingerprint density at radius 3 is 2.46 bits per heavy atom. The summed E-state index contributed by atoms with van der Waals surface area (Å²) in [7, 11) is 3.15. The van der Waals surface area contributed by atoms with Crippen LogP contribution in [-0.4, -0.2) is 42.4 Å². The standard InChI is InChI=1S/C21H22NO4/c1-4-26-19(23)13-18-20(14-8-6-5-7-9-14)16-11-10-15(25-3)12-17(16)21(18)22(2)24/h5-12,24H,4,13H2,1-3H3/q+1/b22-21+. The zero-order valence-corrected chi connectivity index (χ0v) is 15.2. The highest BCUT2D eigenvalue weighted by Crippen LogP contribution is 2.40. The first kappa shape index (κ1) is 17.7. The fraction of sp³-hybridized carbons (Fsp3) is 0.238. The monoisotopic (exact) mass is 352 g/mol. The molecule has 0 saturated heterocycles. The number of fused-ring (bicyclic) bond motifs is 1. The number of carbonyl (C=O) groups excluding carboxylic acids is 1. The van der Waals surface area contributed by atoms with Crippen LogP contribution in [0, 0.1) is 0 Å². The van der Waals surface area contributed by atoms with Gasteiger partial charge in [-0.05, 0) is 41.0 Å². The molecule has 26 heavy (non-hydrogen) atoms. The molecule has 0 amide bonds. The van der Waals surface area contributed by atoms with Crippen molar-refractivity contribution in [2.45, 2.75) is 13.3 Å². The highest BCUT2D eigenvalue weighted by Gasteiger charge is 2.36. The van der Waals surface area contributed by atoms with Gasteiger partial charge in [-0.1, -0.05) is 30.3 Å². The molecule has 0 spiro atoms. The number of benzene rings is 2. The Labute approximate surface area is 152 Å². The number of carbonyl (C=O) groups is 1. The zero-order chi connectivity index (χ0) is 18.7. The molecule has 0 fully saturated rings. The van der Waals surface area contributed by atoms with E-state index in [0.29, 0.717) is 18.1 Å².